The summed E-state index contributed by atoms with van der Waals surface area (Å²) in [6.07, 6.45) is 0.993. The molecule has 1 N–H and O–H groups in total. The first-order valence-electron chi connectivity index (χ1n) is 6.77. The van der Waals surface area contributed by atoms with E-state index in [-0.39, 0.29) is 17.8 Å². The molecule has 0 bridgehead atoms. The number of rotatable bonds is 3. The van der Waals surface area contributed by atoms with E-state index in [1.165, 1.54) is 6.07 Å². The highest BCUT2D eigenvalue weighted by atomic mass is 19.1. The van der Waals surface area contributed by atoms with Gasteiger partial charge in [-0.05, 0) is 18.4 Å². The molecule has 2 unspecified atom stereocenters. The summed E-state index contributed by atoms with van der Waals surface area (Å²) in [6.45, 7) is 6.05. The molecule has 1 aromatic rings. The van der Waals surface area contributed by atoms with Crippen LogP contribution in [0.3, 0.4) is 0 Å². The fraction of sp³-hybridized carbons (Fsp3) is 0.533. The Morgan fingerprint density at radius 2 is 2.16 bits per heavy atom. The van der Waals surface area contributed by atoms with Crippen LogP contribution < -0.4 is 5.32 Å². The highest BCUT2D eigenvalue weighted by molar-refractivity contribution is 5.73. The van der Waals surface area contributed by atoms with E-state index in [9.17, 15) is 9.18 Å². The van der Waals surface area contributed by atoms with Gasteiger partial charge in [0.05, 0.1) is 0 Å². The van der Waals surface area contributed by atoms with E-state index in [0.29, 0.717) is 12.5 Å². The number of carbonyl (C=O) groups excluding carboxylic acids is 1. The van der Waals surface area contributed by atoms with Gasteiger partial charge >= 0.3 is 0 Å². The average molecular weight is 264 g/mol. The Bertz CT molecular complexity index is 450. The lowest BCUT2D eigenvalue weighted by Gasteiger charge is -2.36. The first-order valence-corrected chi connectivity index (χ1v) is 6.77. The Morgan fingerprint density at radius 3 is 2.84 bits per heavy atom. The second-order valence-electron chi connectivity index (χ2n) is 5.52. The molecule has 0 radical (unpaired) electrons. The van der Waals surface area contributed by atoms with E-state index >= 15 is 0 Å². The minimum Gasteiger partial charge on any atom is -0.352 e. The molecule has 0 saturated carbocycles. The van der Waals surface area contributed by atoms with Crippen LogP contribution in [0.4, 0.5) is 4.39 Å². The minimum absolute atomic E-state index is 0.00458. The third kappa shape index (κ3) is 4.03. The minimum atomic E-state index is -0.156. The highest BCUT2D eigenvalue weighted by Gasteiger charge is 2.25. The van der Waals surface area contributed by atoms with Crippen molar-refractivity contribution in [3.63, 3.8) is 0 Å². The molecule has 1 fully saturated rings. The summed E-state index contributed by atoms with van der Waals surface area (Å²) in [4.78, 5) is 13.4. The molecule has 0 aromatic heterocycles. The molecule has 4 heteroatoms. The van der Waals surface area contributed by atoms with E-state index in [2.05, 4.69) is 17.1 Å². The Labute approximate surface area is 113 Å². The molecule has 1 aliphatic rings. The molecule has 2 rings (SSSR count). The Kier molecular flexibility index (Phi) is 4.53. The van der Waals surface area contributed by atoms with Gasteiger partial charge in [-0.3, -0.25) is 9.69 Å². The maximum Gasteiger partial charge on any atom is 0.217 e. The molecule has 2 atom stereocenters. The van der Waals surface area contributed by atoms with E-state index < -0.39 is 0 Å². The van der Waals surface area contributed by atoms with E-state index in [4.69, 9.17) is 0 Å². The van der Waals surface area contributed by atoms with Crippen molar-refractivity contribution in [1.82, 2.24) is 10.2 Å². The second kappa shape index (κ2) is 6.15. The van der Waals surface area contributed by atoms with Crippen molar-refractivity contribution < 1.29 is 9.18 Å². The van der Waals surface area contributed by atoms with Crippen molar-refractivity contribution in [3.05, 3.63) is 35.6 Å². The summed E-state index contributed by atoms with van der Waals surface area (Å²) in [5.74, 6) is 0.360. The maximum atomic E-state index is 13.7. The Hall–Kier alpha value is -1.42. The van der Waals surface area contributed by atoms with Crippen LogP contribution in [-0.4, -0.2) is 29.9 Å². The molecule has 0 aliphatic carbocycles. The van der Waals surface area contributed by atoms with Crippen molar-refractivity contribution in [2.75, 3.05) is 13.1 Å². The SMILES string of the molecule is CC(=O)NC1CC(C)CN(Cc2ccccc2F)C1. The van der Waals surface area contributed by atoms with E-state index in [0.717, 1.165) is 25.1 Å². The van der Waals surface area contributed by atoms with Crippen molar-refractivity contribution in [3.8, 4) is 0 Å². The number of likely N-dealkylation sites (tertiary alicyclic amines) is 1. The Morgan fingerprint density at radius 1 is 1.42 bits per heavy atom. The predicted octanol–water partition coefficient (Wildman–Crippen LogP) is 2.17. The van der Waals surface area contributed by atoms with Gasteiger partial charge in [-0.25, -0.2) is 4.39 Å². The van der Waals surface area contributed by atoms with Crippen molar-refractivity contribution in [2.24, 2.45) is 5.92 Å². The summed E-state index contributed by atoms with van der Waals surface area (Å²) in [7, 11) is 0. The average Bonchev–Trinajstić information content (AvgIpc) is 2.30. The summed E-state index contributed by atoms with van der Waals surface area (Å²) in [5.41, 5.74) is 0.721. The molecule has 1 saturated heterocycles. The fourth-order valence-electron chi connectivity index (χ4n) is 2.85. The summed E-state index contributed by atoms with van der Waals surface area (Å²) >= 11 is 0. The first-order chi connectivity index (χ1) is 9.04. The number of nitrogens with one attached hydrogen (secondary N) is 1. The number of hydrogen-bond acceptors (Lipinski definition) is 2. The zero-order valence-corrected chi connectivity index (χ0v) is 11.5. The summed E-state index contributed by atoms with van der Waals surface area (Å²) in [5, 5.41) is 2.97. The molecule has 19 heavy (non-hydrogen) atoms. The molecule has 0 spiro atoms. The molecule has 1 aromatic carbocycles. The molecule has 1 aliphatic heterocycles. The monoisotopic (exact) mass is 264 g/mol. The van der Waals surface area contributed by atoms with Crippen LogP contribution in [0, 0.1) is 11.7 Å². The topological polar surface area (TPSA) is 32.3 Å². The number of benzene rings is 1. The number of hydrogen-bond donors (Lipinski definition) is 1. The zero-order chi connectivity index (χ0) is 13.8. The highest BCUT2D eigenvalue weighted by Crippen LogP contribution is 2.19. The van der Waals surface area contributed by atoms with Crippen LogP contribution in [0.15, 0.2) is 24.3 Å². The third-order valence-corrected chi connectivity index (χ3v) is 3.49. The van der Waals surface area contributed by atoms with Crippen molar-refractivity contribution in [1.29, 1.82) is 0 Å². The van der Waals surface area contributed by atoms with Crippen LogP contribution >= 0.6 is 0 Å². The van der Waals surface area contributed by atoms with Gasteiger partial charge in [0.15, 0.2) is 0 Å². The smallest absolute Gasteiger partial charge is 0.217 e. The van der Waals surface area contributed by atoms with Crippen LogP contribution in [0.25, 0.3) is 0 Å². The molecule has 104 valence electrons. The van der Waals surface area contributed by atoms with Crippen LogP contribution in [-0.2, 0) is 11.3 Å². The molecular formula is C15H21FN2O. The number of nitrogens with zero attached hydrogens (tertiary/aromatic N) is 1. The van der Waals surface area contributed by atoms with Gasteiger partial charge in [-0.1, -0.05) is 25.1 Å². The molecular weight excluding hydrogens is 243 g/mol. The van der Waals surface area contributed by atoms with Gasteiger partial charge in [0, 0.05) is 38.2 Å². The number of halogens is 1. The number of amides is 1. The van der Waals surface area contributed by atoms with E-state index in [1.807, 2.05) is 12.1 Å². The summed E-state index contributed by atoms with van der Waals surface area (Å²) in [6, 6.07) is 7.05. The standard InChI is InChI=1S/C15H21FN2O/c1-11-7-14(17-12(2)19)10-18(8-11)9-13-5-3-4-6-15(13)16/h3-6,11,14H,7-10H2,1-2H3,(H,17,19). The number of piperidine rings is 1. The predicted molar refractivity (Wildman–Crippen MR) is 73.1 cm³/mol. The molecule has 3 nitrogen and oxygen atoms in total. The van der Waals surface area contributed by atoms with Crippen molar-refractivity contribution in [2.45, 2.75) is 32.9 Å². The maximum absolute atomic E-state index is 13.7. The quantitative estimate of drug-likeness (QED) is 0.907. The van der Waals surface area contributed by atoms with Gasteiger partial charge in [-0.2, -0.15) is 0 Å². The van der Waals surface area contributed by atoms with Crippen molar-refractivity contribution >= 4 is 5.91 Å². The Balaban J connectivity index is 2.00. The largest absolute Gasteiger partial charge is 0.352 e. The second-order valence-corrected chi connectivity index (χ2v) is 5.52. The van der Waals surface area contributed by atoms with Gasteiger partial charge in [0.1, 0.15) is 5.82 Å². The third-order valence-electron chi connectivity index (χ3n) is 3.49. The van der Waals surface area contributed by atoms with E-state index in [1.54, 1.807) is 13.0 Å². The van der Waals surface area contributed by atoms with Gasteiger partial charge in [0.2, 0.25) is 5.91 Å². The lowest BCUT2D eigenvalue weighted by atomic mass is 9.95. The lowest BCUT2D eigenvalue weighted by molar-refractivity contribution is -0.120. The van der Waals surface area contributed by atoms with Gasteiger partial charge in [0.25, 0.3) is 0 Å². The normalized spacial score (nSPS) is 24.2. The molecule has 1 heterocycles. The van der Waals surface area contributed by atoms with Crippen LogP contribution in [0.1, 0.15) is 25.8 Å². The van der Waals surface area contributed by atoms with Gasteiger partial charge in [-0.15, -0.1) is 0 Å². The van der Waals surface area contributed by atoms with Crippen LogP contribution in [0.2, 0.25) is 0 Å². The van der Waals surface area contributed by atoms with Crippen LogP contribution in [0.5, 0.6) is 0 Å². The number of carbonyl (C=O) groups is 1. The first kappa shape index (κ1) is 14.0. The zero-order valence-electron chi connectivity index (χ0n) is 11.5. The fourth-order valence-corrected chi connectivity index (χ4v) is 2.85. The lowest BCUT2D eigenvalue weighted by Crippen LogP contribution is -2.49. The molecule has 1 amide bonds. The van der Waals surface area contributed by atoms with Gasteiger partial charge < -0.3 is 5.32 Å². The summed E-state index contributed by atoms with van der Waals surface area (Å²) < 4.78 is 13.7.